The minimum absolute atomic E-state index is 0.0157. The molecule has 1 amide bonds. The van der Waals surface area contributed by atoms with Gasteiger partial charge in [-0.1, -0.05) is 6.07 Å². The molecule has 0 atom stereocenters. The van der Waals surface area contributed by atoms with E-state index in [9.17, 15) is 9.90 Å². The van der Waals surface area contributed by atoms with Crippen LogP contribution in [0, 0.1) is 0 Å². The molecule has 0 fully saturated rings. The first-order valence-corrected chi connectivity index (χ1v) is 6.82. The van der Waals surface area contributed by atoms with Gasteiger partial charge in [-0.05, 0) is 32.9 Å². The molecule has 2 rings (SSSR count). The summed E-state index contributed by atoms with van der Waals surface area (Å²) in [6.07, 6.45) is 4.03. The van der Waals surface area contributed by atoms with Crippen molar-refractivity contribution in [1.29, 1.82) is 0 Å². The van der Waals surface area contributed by atoms with Crippen LogP contribution in [0.3, 0.4) is 0 Å². The SMILES string of the molecule is CCN(CC(C)(C)O)C(=O)Cc1cn2ccccc2n1. The van der Waals surface area contributed by atoms with E-state index in [4.69, 9.17) is 0 Å². The van der Waals surface area contributed by atoms with E-state index in [1.54, 1.807) is 18.7 Å². The summed E-state index contributed by atoms with van der Waals surface area (Å²) >= 11 is 0. The first-order chi connectivity index (χ1) is 9.39. The van der Waals surface area contributed by atoms with Crippen LogP contribution in [0.2, 0.25) is 0 Å². The van der Waals surface area contributed by atoms with Crippen molar-refractivity contribution in [2.75, 3.05) is 13.1 Å². The van der Waals surface area contributed by atoms with E-state index in [2.05, 4.69) is 4.98 Å². The molecule has 0 aliphatic heterocycles. The van der Waals surface area contributed by atoms with Gasteiger partial charge in [-0.15, -0.1) is 0 Å². The largest absolute Gasteiger partial charge is 0.389 e. The lowest BCUT2D eigenvalue weighted by atomic mass is 10.1. The molecular formula is C15H21N3O2. The highest BCUT2D eigenvalue weighted by molar-refractivity contribution is 5.78. The maximum atomic E-state index is 12.3. The molecule has 0 radical (unpaired) electrons. The van der Waals surface area contributed by atoms with Crippen LogP contribution in [-0.4, -0.2) is 44.0 Å². The van der Waals surface area contributed by atoms with E-state index in [1.165, 1.54) is 0 Å². The third kappa shape index (κ3) is 3.57. The molecular weight excluding hydrogens is 254 g/mol. The average molecular weight is 275 g/mol. The van der Waals surface area contributed by atoms with Gasteiger partial charge in [-0.3, -0.25) is 4.79 Å². The van der Waals surface area contributed by atoms with Gasteiger partial charge in [-0.2, -0.15) is 0 Å². The Kier molecular flexibility index (Phi) is 4.09. The number of aromatic nitrogens is 2. The van der Waals surface area contributed by atoms with Gasteiger partial charge in [0.2, 0.25) is 5.91 Å². The summed E-state index contributed by atoms with van der Waals surface area (Å²) in [7, 11) is 0. The number of hydrogen-bond donors (Lipinski definition) is 1. The number of carbonyl (C=O) groups excluding carboxylic acids is 1. The standard InChI is InChI=1S/C15H21N3O2/c1-4-17(11-15(2,3)20)14(19)9-12-10-18-8-6-5-7-13(18)16-12/h5-8,10,20H,4,9,11H2,1-3H3. The summed E-state index contributed by atoms with van der Waals surface area (Å²) in [5.41, 5.74) is 0.696. The van der Waals surface area contributed by atoms with Gasteiger partial charge in [-0.25, -0.2) is 4.98 Å². The fraction of sp³-hybridized carbons (Fsp3) is 0.467. The highest BCUT2D eigenvalue weighted by Gasteiger charge is 2.21. The number of likely N-dealkylation sites (N-methyl/N-ethyl adjacent to an activating group) is 1. The van der Waals surface area contributed by atoms with E-state index in [0.29, 0.717) is 13.1 Å². The molecule has 20 heavy (non-hydrogen) atoms. The molecule has 0 saturated carbocycles. The summed E-state index contributed by atoms with van der Waals surface area (Å²) in [6, 6.07) is 5.75. The fourth-order valence-electron chi connectivity index (χ4n) is 2.18. The van der Waals surface area contributed by atoms with E-state index < -0.39 is 5.60 Å². The van der Waals surface area contributed by atoms with Crippen LogP contribution >= 0.6 is 0 Å². The highest BCUT2D eigenvalue weighted by atomic mass is 16.3. The summed E-state index contributed by atoms with van der Waals surface area (Å²) < 4.78 is 1.90. The fourth-order valence-corrected chi connectivity index (χ4v) is 2.18. The van der Waals surface area contributed by atoms with Gasteiger partial charge in [0, 0.05) is 25.5 Å². The van der Waals surface area contributed by atoms with Gasteiger partial charge >= 0.3 is 0 Å². The van der Waals surface area contributed by atoms with Crippen molar-refractivity contribution >= 4 is 11.6 Å². The van der Waals surface area contributed by atoms with E-state index in [0.717, 1.165) is 11.3 Å². The lowest BCUT2D eigenvalue weighted by Gasteiger charge is -2.27. The molecule has 2 aromatic rings. The van der Waals surface area contributed by atoms with Gasteiger partial charge in [0.1, 0.15) is 5.65 Å². The minimum atomic E-state index is -0.884. The lowest BCUT2D eigenvalue weighted by Crippen LogP contribution is -2.42. The van der Waals surface area contributed by atoms with Crippen LogP contribution in [0.1, 0.15) is 26.5 Å². The Hall–Kier alpha value is -1.88. The first-order valence-electron chi connectivity index (χ1n) is 6.82. The third-order valence-electron chi connectivity index (χ3n) is 3.06. The Bertz CT molecular complexity index is 565. The molecule has 5 nitrogen and oxygen atoms in total. The molecule has 2 aromatic heterocycles. The molecule has 108 valence electrons. The second-order valence-corrected chi connectivity index (χ2v) is 5.60. The zero-order chi connectivity index (χ0) is 14.8. The molecule has 0 saturated heterocycles. The van der Waals surface area contributed by atoms with Gasteiger partial charge in [0.05, 0.1) is 17.7 Å². The second kappa shape index (κ2) is 5.63. The number of imidazole rings is 1. The molecule has 0 bridgehead atoms. The Morgan fingerprint density at radius 3 is 2.80 bits per heavy atom. The molecule has 0 unspecified atom stereocenters. The average Bonchev–Trinajstić information content (AvgIpc) is 2.76. The molecule has 0 aromatic carbocycles. The molecule has 5 heteroatoms. The Balaban J connectivity index is 2.09. The predicted octanol–water partition coefficient (Wildman–Crippen LogP) is 1.50. The van der Waals surface area contributed by atoms with Gasteiger partial charge in [0.15, 0.2) is 0 Å². The zero-order valence-corrected chi connectivity index (χ0v) is 12.2. The number of fused-ring (bicyclic) bond motifs is 1. The van der Waals surface area contributed by atoms with Crippen LogP contribution in [-0.2, 0) is 11.2 Å². The summed E-state index contributed by atoms with van der Waals surface area (Å²) in [4.78, 5) is 18.3. The number of hydrogen-bond acceptors (Lipinski definition) is 3. The highest BCUT2D eigenvalue weighted by Crippen LogP contribution is 2.09. The van der Waals surface area contributed by atoms with Gasteiger partial charge in [0.25, 0.3) is 0 Å². The summed E-state index contributed by atoms with van der Waals surface area (Å²) in [5.74, 6) is -0.0157. The van der Waals surface area contributed by atoms with Crippen molar-refractivity contribution in [3.05, 3.63) is 36.3 Å². The zero-order valence-electron chi connectivity index (χ0n) is 12.2. The molecule has 1 N–H and O–H groups in total. The van der Waals surface area contributed by atoms with Crippen LogP contribution in [0.25, 0.3) is 5.65 Å². The topological polar surface area (TPSA) is 57.8 Å². The Morgan fingerprint density at radius 2 is 2.20 bits per heavy atom. The smallest absolute Gasteiger partial charge is 0.228 e. The maximum Gasteiger partial charge on any atom is 0.228 e. The van der Waals surface area contributed by atoms with Crippen molar-refractivity contribution in [2.45, 2.75) is 32.8 Å². The quantitative estimate of drug-likeness (QED) is 0.899. The van der Waals surface area contributed by atoms with Crippen LogP contribution in [0.5, 0.6) is 0 Å². The third-order valence-corrected chi connectivity index (χ3v) is 3.06. The minimum Gasteiger partial charge on any atom is -0.389 e. The monoisotopic (exact) mass is 275 g/mol. The van der Waals surface area contributed by atoms with Crippen molar-refractivity contribution in [3.8, 4) is 0 Å². The summed E-state index contributed by atoms with van der Waals surface area (Å²) in [6.45, 7) is 6.22. The van der Waals surface area contributed by atoms with Gasteiger partial charge < -0.3 is 14.4 Å². The molecule has 0 aliphatic rings. The van der Waals surface area contributed by atoms with E-state index in [1.807, 2.05) is 41.9 Å². The van der Waals surface area contributed by atoms with E-state index in [-0.39, 0.29) is 12.3 Å². The second-order valence-electron chi connectivity index (χ2n) is 5.60. The van der Waals surface area contributed by atoms with Crippen LogP contribution in [0.15, 0.2) is 30.6 Å². The first kappa shape index (κ1) is 14.5. The number of amides is 1. The van der Waals surface area contributed by atoms with Crippen molar-refractivity contribution in [3.63, 3.8) is 0 Å². The van der Waals surface area contributed by atoms with Crippen molar-refractivity contribution in [2.24, 2.45) is 0 Å². The summed E-state index contributed by atoms with van der Waals surface area (Å²) in [5, 5.41) is 9.83. The molecule has 0 aliphatic carbocycles. The van der Waals surface area contributed by atoms with E-state index >= 15 is 0 Å². The number of pyridine rings is 1. The Morgan fingerprint density at radius 1 is 1.45 bits per heavy atom. The van der Waals surface area contributed by atoms with Crippen molar-refractivity contribution < 1.29 is 9.90 Å². The number of aliphatic hydroxyl groups is 1. The van der Waals surface area contributed by atoms with Crippen LogP contribution < -0.4 is 0 Å². The number of nitrogens with zero attached hydrogens (tertiary/aromatic N) is 3. The van der Waals surface area contributed by atoms with Crippen molar-refractivity contribution in [1.82, 2.24) is 14.3 Å². The maximum absolute atomic E-state index is 12.3. The predicted molar refractivity (Wildman–Crippen MR) is 77.4 cm³/mol. The lowest BCUT2D eigenvalue weighted by molar-refractivity contribution is -0.133. The number of rotatable bonds is 5. The number of carbonyl (C=O) groups is 1. The normalized spacial score (nSPS) is 11.8. The van der Waals surface area contributed by atoms with Crippen LogP contribution in [0.4, 0.5) is 0 Å². The Labute approximate surface area is 118 Å². The molecule has 2 heterocycles. The molecule has 0 spiro atoms.